The lowest BCUT2D eigenvalue weighted by Gasteiger charge is -2.15. The van der Waals surface area contributed by atoms with Crippen molar-refractivity contribution in [3.05, 3.63) is 65.0 Å². The van der Waals surface area contributed by atoms with Crippen LogP contribution in [0.15, 0.2) is 46.9 Å². The molecule has 2 heterocycles. The molecular formula is C31H35NO. The van der Waals surface area contributed by atoms with Crippen LogP contribution < -0.4 is 0 Å². The van der Waals surface area contributed by atoms with Crippen LogP contribution in [0.4, 0.5) is 0 Å². The lowest BCUT2D eigenvalue weighted by atomic mass is 9.89. The van der Waals surface area contributed by atoms with Crippen LogP contribution in [0.3, 0.4) is 0 Å². The highest BCUT2D eigenvalue weighted by Crippen LogP contribution is 2.41. The Morgan fingerprint density at radius 3 is 2.09 bits per heavy atom. The molecule has 0 amide bonds. The van der Waals surface area contributed by atoms with Crippen LogP contribution in [0.1, 0.15) is 76.0 Å². The number of nitrogens with zero attached hydrogens (tertiary/aromatic N) is 1. The van der Waals surface area contributed by atoms with Gasteiger partial charge in [0.25, 0.3) is 0 Å². The second-order valence-corrected chi connectivity index (χ2v) is 9.40. The monoisotopic (exact) mass is 437 g/mol. The van der Waals surface area contributed by atoms with E-state index in [4.69, 9.17) is 9.40 Å². The van der Waals surface area contributed by atoms with E-state index in [1.165, 1.54) is 54.5 Å². The first-order valence-electron chi connectivity index (χ1n) is 12.9. The molecule has 0 unspecified atom stereocenters. The van der Waals surface area contributed by atoms with Gasteiger partial charge in [-0.15, -0.1) is 0 Å². The fraction of sp³-hybridized carbons (Fsp3) is 0.387. The van der Waals surface area contributed by atoms with Gasteiger partial charge in [0, 0.05) is 17.5 Å². The molecule has 2 aromatic heterocycles. The molecule has 5 aromatic rings. The van der Waals surface area contributed by atoms with Gasteiger partial charge in [0.1, 0.15) is 5.76 Å². The summed E-state index contributed by atoms with van der Waals surface area (Å²) in [5.41, 5.74) is 4.83. The van der Waals surface area contributed by atoms with Crippen molar-refractivity contribution in [2.24, 2.45) is 0 Å². The first-order chi connectivity index (χ1) is 16.2. The molecule has 33 heavy (non-hydrogen) atoms. The molecule has 0 atom stereocenters. The van der Waals surface area contributed by atoms with Gasteiger partial charge in [-0.2, -0.15) is 0 Å². The van der Waals surface area contributed by atoms with E-state index in [2.05, 4.69) is 70.2 Å². The van der Waals surface area contributed by atoms with E-state index in [9.17, 15) is 0 Å². The highest BCUT2D eigenvalue weighted by molar-refractivity contribution is 6.28. The van der Waals surface area contributed by atoms with Crippen LogP contribution >= 0.6 is 0 Å². The van der Waals surface area contributed by atoms with Gasteiger partial charge in [-0.05, 0) is 69.8 Å². The van der Waals surface area contributed by atoms with E-state index >= 15 is 0 Å². The molecule has 0 fully saturated rings. The SMILES string of the molecule is CCCc1nc2oc(CCC)c(CCC)c3cc4ccccc4c4ccc(c1CCC)c2c34. The zero-order valence-corrected chi connectivity index (χ0v) is 20.6. The molecule has 0 aliphatic rings. The molecule has 5 rings (SSSR count). The van der Waals surface area contributed by atoms with Crippen molar-refractivity contribution < 1.29 is 4.42 Å². The third-order valence-corrected chi connectivity index (χ3v) is 6.99. The molecule has 170 valence electrons. The zero-order chi connectivity index (χ0) is 22.9. The third kappa shape index (κ3) is 3.60. The zero-order valence-electron chi connectivity index (χ0n) is 20.6. The average Bonchev–Trinajstić information content (AvgIpc) is 2.95. The predicted molar refractivity (Wildman–Crippen MR) is 143 cm³/mol. The fourth-order valence-corrected chi connectivity index (χ4v) is 5.64. The third-order valence-electron chi connectivity index (χ3n) is 6.99. The van der Waals surface area contributed by atoms with Crippen LogP contribution in [0, 0.1) is 0 Å². The maximum absolute atomic E-state index is 6.80. The average molecular weight is 438 g/mol. The Labute approximate surface area is 197 Å². The topological polar surface area (TPSA) is 26.0 Å². The van der Waals surface area contributed by atoms with Crippen LogP contribution in [-0.2, 0) is 25.7 Å². The summed E-state index contributed by atoms with van der Waals surface area (Å²) in [6.07, 6.45) is 8.41. The number of benzene rings is 3. The fourth-order valence-electron chi connectivity index (χ4n) is 5.64. The summed E-state index contributed by atoms with van der Waals surface area (Å²) in [5, 5.41) is 9.18. The summed E-state index contributed by atoms with van der Waals surface area (Å²) < 4.78 is 6.80. The Bertz CT molecular complexity index is 1460. The number of aromatic nitrogens is 1. The van der Waals surface area contributed by atoms with Gasteiger partial charge in [-0.3, -0.25) is 0 Å². The largest absolute Gasteiger partial charge is 0.442 e. The molecule has 0 N–H and O–H groups in total. The standard InChI is InChI=1S/C31H35NO/c1-5-11-22-25-18-17-24-21-16-10-9-15-20(21)19-26-23(12-6-2)28(14-8-4)33-31(30(25)29(24)26)32-27(22)13-7-3/h9-10,15-19H,5-8,11-14H2,1-4H3. The summed E-state index contributed by atoms with van der Waals surface area (Å²) in [7, 11) is 0. The summed E-state index contributed by atoms with van der Waals surface area (Å²) in [4.78, 5) is 5.23. The highest BCUT2D eigenvalue weighted by Gasteiger charge is 2.21. The Morgan fingerprint density at radius 1 is 0.636 bits per heavy atom. The lowest BCUT2D eigenvalue weighted by Crippen LogP contribution is -2.00. The summed E-state index contributed by atoms with van der Waals surface area (Å²) in [6.45, 7) is 9.02. The second kappa shape index (κ2) is 9.17. The molecule has 0 saturated heterocycles. The molecule has 2 heteroatoms. The molecule has 0 bridgehead atoms. The first kappa shape index (κ1) is 21.9. The van der Waals surface area contributed by atoms with Gasteiger partial charge in [0.2, 0.25) is 5.71 Å². The number of rotatable bonds is 8. The van der Waals surface area contributed by atoms with E-state index in [-0.39, 0.29) is 0 Å². The van der Waals surface area contributed by atoms with Crippen molar-refractivity contribution in [3.8, 4) is 0 Å². The predicted octanol–water partition coefficient (Wildman–Crippen LogP) is 9.10. The minimum Gasteiger partial charge on any atom is -0.442 e. The molecule has 0 saturated carbocycles. The maximum atomic E-state index is 6.80. The minimum absolute atomic E-state index is 0.824. The lowest BCUT2D eigenvalue weighted by molar-refractivity contribution is 0.517. The molecular weight excluding hydrogens is 402 g/mol. The van der Waals surface area contributed by atoms with Crippen molar-refractivity contribution in [2.45, 2.75) is 79.1 Å². The molecule has 0 aliphatic heterocycles. The van der Waals surface area contributed by atoms with Gasteiger partial charge in [-0.1, -0.05) is 83.4 Å². The van der Waals surface area contributed by atoms with Gasteiger partial charge >= 0.3 is 0 Å². The molecule has 3 aromatic carbocycles. The number of pyridine rings is 1. The van der Waals surface area contributed by atoms with Crippen molar-refractivity contribution in [1.29, 1.82) is 0 Å². The van der Waals surface area contributed by atoms with E-state index < -0.39 is 0 Å². The van der Waals surface area contributed by atoms with Crippen molar-refractivity contribution in [1.82, 2.24) is 4.98 Å². The number of aryl methyl sites for hydroxylation is 4. The quantitative estimate of drug-likeness (QED) is 0.226. The van der Waals surface area contributed by atoms with Gasteiger partial charge in [0.05, 0.1) is 5.39 Å². The van der Waals surface area contributed by atoms with Crippen LogP contribution in [-0.4, -0.2) is 4.98 Å². The normalized spacial score (nSPS) is 12.0. The molecule has 0 radical (unpaired) electrons. The Hall–Kier alpha value is -2.87. The number of fused-ring (bicyclic) bond motifs is 2. The van der Waals surface area contributed by atoms with Crippen molar-refractivity contribution in [3.63, 3.8) is 0 Å². The van der Waals surface area contributed by atoms with E-state index in [1.54, 1.807) is 0 Å². The molecule has 2 nitrogen and oxygen atoms in total. The minimum atomic E-state index is 0.824. The van der Waals surface area contributed by atoms with Gasteiger partial charge < -0.3 is 4.42 Å². The van der Waals surface area contributed by atoms with Crippen molar-refractivity contribution >= 4 is 43.4 Å². The van der Waals surface area contributed by atoms with Crippen LogP contribution in [0.25, 0.3) is 43.4 Å². The van der Waals surface area contributed by atoms with E-state index in [0.717, 1.165) is 62.8 Å². The van der Waals surface area contributed by atoms with Crippen LogP contribution in [0.5, 0.6) is 0 Å². The van der Waals surface area contributed by atoms with Gasteiger partial charge in [-0.25, -0.2) is 4.98 Å². The summed E-state index contributed by atoms with van der Waals surface area (Å²) in [6, 6.07) is 15.9. The second-order valence-electron chi connectivity index (χ2n) is 9.40. The van der Waals surface area contributed by atoms with E-state index in [0.29, 0.717) is 0 Å². The number of hydrogen-bond donors (Lipinski definition) is 0. The summed E-state index contributed by atoms with van der Waals surface area (Å²) >= 11 is 0. The van der Waals surface area contributed by atoms with Crippen LogP contribution in [0.2, 0.25) is 0 Å². The first-order valence-corrected chi connectivity index (χ1v) is 12.9. The summed E-state index contributed by atoms with van der Waals surface area (Å²) in [5.74, 6) is 1.12. The molecule has 0 aliphatic carbocycles. The smallest absolute Gasteiger partial charge is 0.227 e. The Kier molecular flexibility index (Phi) is 6.10. The van der Waals surface area contributed by atoms with E-state index in [1.807, 2.05) is 0 Å². The van der Waals surface area contributed by atoms with Gasteiger partial charge in [0.15, 0.2) is 0 Å². The van der Waals surface area contributed by atoms with Crippen molar-refractivity contribution in [2.75, 3.05) is 0 Å². The maximum Gasteiger partial charge on any atom is 0.227 e. The molecule has 0 spiro atoms. The Balaban J connectivity index is 2.09. The number of hydrogen-bond acceptors (Lipinski definition) is 2. The highest BCUT2D eigenvalue weighted by atomic mass is 16.3. The Morgan fingerprint density at radius 2 is 1.33 bits per heavy atom.